The Morgan fingerprint density at radius 3 is 2.50 bits per heavy atom. The molecule has 0 aliphatic carbocycles. The minimum absolute atomic E-state index is 0.237. The highest BCUT2D eigenvalue weighted by molar-refractivity contribution is 5.92. The fourth-order valence-corrected chi connectivity index (χ4v) is 2.37. The van der Waals surface area contributed by atoms with E-state index in [1.807, 2.05) is 20.8 Å². The molecule has 2 amide bonds. The lowest BCUT2D eigenvalue weighted by Crippen LogP contribution is -2.51. The molecule has 0 bridgehead atoms. The molecule has 1 aromatic rings. The Bertz CT molecular complexity index is 571. The molecule has 134 valence electrons. The van der Waals surface area contributed by atoms with Crippen molar-refractivity contribution in [3.63, 3.8) is 0 Å². The summed E-state index contributed by atoms with van der Waals surface area (Å²) in [7, 11) is 0. The number of aryl methyl sites for hydroxylation is 1. The number of aromatic nitrogens is 1. The van der Waals surface area contributed by atoms with E-state index in [0.717, 1.165) is 19.6 Å². The number of hydrogen-bond acceptors (Lipinski definition) is 6. The molecule has 2 heterocycles. The molecule has 0 unspecified atom stereocenters. The molecule has 0 radical (unpaired) electrons. The fourth-order valence-electron chi connectivity index (χ4n) is 2.37. The molecule has 1 aromatic heterocycles. The first-order chi connectivity index (χ1) is 11.2. The summed E-state index contributed by atoms with van der Waals surface area (Å²) in [5.74, 6) is 0.373. The number of ether oxygens (including phenoxy) is 1. The Morgan fingerprint density at radius 1 is 1.29 bits per heavy atom. The number of hydrogen-bond donors (Lipinski definition) is 1. The molecule has 8 nitrogen and oxygen atoms in total. The summed E-state index contributed by atoms with van der Waals surface area (Å²) in [6.07, 6.45) is -0.267. The molecule has 1 saturated heterocycles. The molecule has 2 rings (SSSR count). The molecule has 1 N–H and O–H groups in total. The van der Waals surface area contributed by atoms with Crippen molar-refractivity contribution in [1.29, 1.82) is 0 Å². The number of rotatable bonds is 4. The Kier molecular flexibility index (Phi) is 5.82. The smallest absolute Gasteiger partial charge is 0.410 e. The molecule has 1 aliphatic rings. The molecule has 24 heavy (non-hydrogen) atoms. The van der Waals surface area contributed by atoms with Crippen LogP contribution in [0.3, 0.4) is 0 Å². The average Bonchev–Trinajstić information content (AvgIpc) is 2.93. The van der Waals surface area contributed by atoms with Gasteiger partial charge in [0.05, 0.1) is 0 Å². The van der Waals surface area contributed by atoms with E-state index in [0.29, 0.717) is 31.1 Å². The van der Waals surface area contributed by atoms with Crippen LogP contribution in [-0.2, 0) is 4.74 Å². The number of carbonyl (C=O) groups is 2. The van der Waals surface area contributed by atoms with Gasteiger partial charge in [-0.3, -0.25) is 9.69 Å². The van der Waals surface area contributed by atoms with Gasteiger partial charge >= 0.3 is 6.09 Å². The van der Waals surface area contributed by atoms with E-state index < -0.39 is 5.60 Å². The number of piperazine rings is 1. The zero-order valence-corrected chi connectivity index (χ0v) is 14.8. The van der Waals surface area contributed by atoms with Crippen molar-refractivity contribution in [3.05, 3.63) is 17.5 Å². The fraction of sp³-hybridized carbons (Fsp3) is 0.688. The summed E-state index contributed by atoms with van der Waals surface area (Å²) in [5.41, 5.74) is -0.180. The van der Waals surface area contributed by atoms with Gasteiger partial charge in [0, 0.05) is 45.3 Å². The lowest BCUT2D eigenvalue weighted by Gasteiger charge is -2.35. The molecule has 1 fully saturated rings. The van der Waals surface area contributed by atoms with E-state index in [1.54, 1.807) is 17.9 Å². The van der Waals surface area contributed by atoms with E-state index in [4.69, 9.17) is 9.26 Å². The van der Waals surface area contributed by atoms with Crippen LogP contribution in [0.1, 0.15) is 37.0 Å². The summed E-state index contributed by atoms with van der Waals surface area (Å²) in [5, 5.41) is 6.50. The minimum Gasteiger partial charge on any atom is -0.444 e. The second-order valence-electron chi connectivity index (χ2n) is 6.89. The maximum Gasteiger partial charge on any atom is 0.410 e. The normalized spacial score (nSPS) is 16.1. The van der Waals surface area contributed by atoms with Gasteiger partial charge in [0.15, 0.2) is 5.69 Å². The molecule has 0 atom stereocenters. The van der Waals surface area contributed by atoms with Crippen molar-refractivity contribution in [3.8, 4) is 0 Å². The van der Waals surface area contributed by atoms with Gasteiger partial charge in [-0.25, -0.2) is 4.79 Å². The second kappa shape index (κ2) is 7.65. The maximum atomic E-state index is 12.0. The average molecular weight is 338 g/mol. The van der Waals surface area contributed by atoms with Crippen molar-refractivity contribution in [2.24, 2.45) is 0 Å². The summed E-state index contributed by atoms with van der Waals surface area (Å²) < 4.78 is 10.3. The molecular weight excluding hydrogens is 312 g/mol. The summed E-state index contributed by atoms with van der Waals surface area (Å²) in [6.45, 7) is 11.4. The first kappa shape index (κ1) is 18.3. The van der Waals surface area contributed by atoms with Crippen molar-refractivity contribution in [2.45, 2.75) is 33.3 Å². The van der Waals surface area contributed by atoms with E-state index >= 15 is 0 Å². The van der Waals surface area contributed by atoms with Gasteiger partial charge in [-0.2, -0.15) is 0 Å². The summed E-state index contributed by atoms with van der Waals surface area (Å²) in [6, 6.07) is 1.61. The van der Waals surface area contributed by atoms with Crippen LogP contribution in [0.5, 0.6) is 0 Å². The van der Waals surface area contributed by atoms with Crippen molar-refractivity contribution in [1.82, 2.24) is 20.3 Å². The van der Waals surface area contributed by atoms with E-state index in [1.165, 1.54) is 0 Å². The van der Waals surface area contributed by atoms with Crippen LogP contribution in [0, 0.1) is 6.92 Å². The first-order valence-electron chi connectivity index (χ1n) is 8.16. The lowest BCUT2D eigenvalue weighted by atomic mass is 10.2. The van der Waals surface area contributed by atoms with Crippen LogP contribution in [0.4, 0.5) is 4.79 Å². The Hall–Kier alpha value is -2.09. The van der Waals surface area contributed by atoms with E-state index in [9.17, 15) is 9.59 Å². The monoisotopic (exact) mass is 338 g/mol. The molecule has 8 heteroatoms. The van der Waals surface area contributed by atoms with Crippen LogP contribution in [0.25, 0.3) is 0 Å². The second-order valence-corrected chi connectivity index (χ2v) is 6.89. The largest absolute Gasteiger partial charge is 0.444 e. The predicted octanol–water partition coefficient (Wildman–Crippen LogP) is 1.27. The maximum absolute atomic E-state index is 12.0. The van der Waals surface area contributed by atoms with E-state index in [2.05, 4.69) is 15.4 Å². The number of nitrogens with zero attached hydrogens (tertiary/aromatic N) is 3. The summed E-state index contributed by atoms with van der Waals surface area (Å²) in [4.78, 5) is 27.8. The third-order valence-corrected chi connectivity index (χ3v) is 3.60. The third kappa shape index (κ3) is 5.52. The zero-order chi connectivity index (χ0) is 17.7. The highest BCUT2D eigenvalue weighted by atomic mass is 16.6. The van der Waals surface area contributed by atoms with Crippen LogP contribution >= 0.6 is 0 Å². The van der Waals surface area contributed by atoms with Gasteiger partial charge in [-0.1, -0.05) is 5.16 Å². The van der Waals surface area contributed by atoms with Crippen LogP contribution in [-0.4, -0.2) is 71.8 Å². The molecule has 0 spiro atoms. The molecular formula is C16H26N4O4. The molecule has 0 saturated carbocycles. The van der Waals surface area contributed by atoms with Crippen molar-refractivity contribution >= 4 is 12.0 Å². The van der Waals surface area contributed by atoms with Gasteiger partial charge in [-0.15, -0.1) is 0 Å². The highest BCUT2D eigenvalue weighted by Crippen LogP contribution is 2.11. The quantitative estimate of drug-likeness (QED) is 0.889. The Balaban J connectivity index is 1.66. The van der Waals surface area contributed by atoms with Gasteiger partial charge in [0.2, 0.25) is 0 Å². The Labute approximate surface area is 142 Å². The minimum atomic E-state index is -0.474. The number of carbonyl (C=O) groups excluding carboxylic acids is 2. The standard InChI is InChI=1S/C16H26N4O4/c1-12-11-13(18-24-12)14(21)17-5-6-19-7-9-20(10-8-19)15(22)23-16(2,3)4/h11H,5-10H2,1-4H3,(H,17,21). The predicted molar refractivity (Wildman–Crippen MR) is 87.8 cm³/mol. The SMILES string of the molecule is Cc1cc(C(=O)NCCN2CCN(C(=O)OC(C)(C)C)CC2)no1. The van der Waals surface area contributed by atoms with Crippen molar-refractivity contribution < 1.29 is 18.8 Å². The topological polar surface area (TPSA) is 87.9 Å². The zero-order valence-electron chi connectivity index (χ0n) is 14.8. The van der Waals surface area contributed by atoms with Crippen LogP contribution in [0.15, 0.2) is 10.6 Å². The Morgan fingerprint density at radius 2 is 1.96 bits per heavy atom. The van der Waals surface area contributed by atoms with Crippen LogP contribution in [0.2, 0.25) is 0 Å². The van der Waals surface area contributed by atoms with Gasteiger partial charge in [0.1, 0.15) is 11.4 Å². The number of nitrogens with one attached hydrogen (secondary N) is 1. The molecule has 1 aliphatic heterocycles. The summed E-state index contributed by atoms with van der Waals surface area (Å²) >= 11 is 0. The van der Waals surface area contributed by atoms with E-state index in [-0.39, 0.29) is 12.0 Å². The van der Waals surface area contributed by atoms with Gasteiger partial charge < -0.3 is 19.5 Å². The van der Waals surface area contributed by atoms with Gasteiger partial charge in [-0.05, 0) is 27.7 Å². The number of amides is 2. The first-order valence-corrected chi connectivity index (χ1v) is 8.16. The lowest BCUT2D eigenvalue weighted by molar-refractivity contribution is 0.0147. The molecule has 0 aromatic carbocycles. The third-order valence-electron chi connectivity index (χ3n) is 3.60. The van der Waals surface area contributed by atoms with Crippen molar-refractivity contribution in [2.75, 3.05) is 39.3 Å². The highest BCUT2D eigenvalue weighted by Gasteiger charge is 2.25. The van der Waals surface area contributed by atoms with Crippen LogP contribution < -0.4 is 5.32 Å². The van der Waals surface area contributed by atoms with Gasteiger partial charge in [0.25, 0.3) is 5.91 Å².